The van der Waals surface area contributed by atoms with E-state index in [9.17, 15) is 4.79 Å². The fraction of sp³-hybridized carbons (Fsp3) is 0.833. The first-order chi connectivity index (χ1) is 11.9. The molecule has 3 heterocycles. The van der Waals surface area contributed by atoms with Crippen LogP contribution in [0.3, 0.4) is 0 Å². The topological polar surface area (TPSA) is 81.1 Å². The number of nitrogens with one attached hydrogen (secondary N) is 2. The summed E-state index contributed by atoms with van der Waals surface area (Å²) in [4.78, 5) is 12.7. The van der Waals surface area contributed by atoms with Gasteiger partial charge in [-0.3, -0.25) is 0 Å². The molecular weight excluding hydrogens is 318 g/mol. The molecule has 0 spiro atoms. The Morgan fingerprint density at radius 1 is 1.36 bits per heavy atom. The minimum absolute atomic E-state index is 0.0120. The molecule has 1 aromatic heterocycles. The van der Waals surface area contributed by atoms with Crippen molar-refractivity contribution in [3.8, 4) is 0 Å². The molecule has 25 heavy (non-hydrogen) atoms. The van der Waals surface area contributed by atoms with Gasteiger partial charge >= 0.3 is 6.03 Å². The maximum absolute atomic E-state index is 12.7. The number of hydrogen-bond donors (Lipinski definition) is 2. The Bertz CT molecular complexity index is 668. The van der Waals surface area contributed by atoms with Crippen molar-refractivity contribution in [2.45, 2.75) is 71.7 Å². The molecule has 2 aliphatic heterocycles. The van der Waals surface area contributed by atoms with E-state index in [1.165, 1.54) is 0 Å². The number of carbonyl (C=O) groups excluding carboxylic acids is 1. The van der Waals surface area contributed by atoms with Crippen LogP contribution in [0.4, 0.5) is 4.79 Å². The predicted molar refractivity (Wildman–Crippen MR) is 93.0 cm³/mol. The molecule has 2 amide bonds. The van der Waals surface area contributed by atoms with Gasteiger partial charge in [0, 0.05) is 36.9 Å². The Labute approximate surface area is 148 Å². The zero-order valence-corrected chi connectivity index (χ0v) is 15.6. The van der Waals surface area contributed by atoms with Gasteiger partial charge in [-0.15, -0.1) is 10.2 Å². The molecule has 1 saturated carbocycles. The van der Waals surface area contributed by atoms with Crippen LogP contribution in [0.25, 0.3) is 0 Å². The highest BCUT2D eigenvalue weighted by molar-refractivity contribution is 5.75. The average Bonchev–Trinajstić information content (AvgIpc) is 3.25. The SMILES string of the molecule is CC(C)[C@H](NC(=O)N[C@@H]1[C@@H]2CCO[C@@H]2C1(C)C)c1nnc2n1CCC2. The summed E-state index contributed by atoms with van der Waals surface area (Å²) in [5.41, 5.74) is -0.0120. The molecule has 4 rings (SSSR count). The molecule has 3 aliphatic rings. The molecule has 0 unspecified atom stereocenters. The van der Waals surface area contributed by atoms with Gasteiger partial charge in [0.2, 0.25) is 0 Å². The molecule has 138 valence electrons. The molecule has 2 fully saturated rings. The lowest BCUT2D eigenvalue weighted by molar-refractivity contribution is -0.108. The summed E-state index contributed by atoms with van der Waals surface area (Å²) in [6.07, 6.45) is 3.39. The van der Waals surface area contributed by atoms with Gasteiger partial charge in [0.05, 0.1) is 12.1 Å². The van der Waals surface area contributed by atoms with Crippen molar-refractivity contribution in [2.24, 2.45) is 17.3 Å². The predicted octanol–water partition coefficient (Wildman–Crippen LogP) is 2.03. The molecule has 7 heteroatoms. The maximum Gasteiger partial charge on any atom is 0.315 e. The van der Waals surface area contributed by atoms with Gasteiger partial charge < -0.3 is 19.9 Å². The van der Waals surface area contributed by atoms with E-state index in [-0.39, 0.29) is 35.6 Å². The highest BCUT2D eigenvalue weighted by Crippen LogP contribution is 2.52. The van der Waals surface area contributed by atoms with Gasteiger partial charge in [-0.2, -0.15) is 0 Å². The largest absolute Gasteiger partial charge is 0.377 e. The lowest BCUT2D eigenvalue weighted by Crippen LogP contribution is -2.67. The molecule has 0 bridgehead atoms. The fourth-order valence-electron chi connectivity index (χ4n) is 4.87. The smallest absolute Gasteiger partial charge is 0.315 e. The maximum atomic E-state index is 12.7. The monoisotopic (exact) mass is 347 g/mol. The number of urea groups is 1. The van der Waals surface area contributed by atoms with Crippen LogP contribution < -0.4 is 10.6 Å². The van der Waals surface area contributed by atoms with Crippen LogP contribution in [-0.2, 0) is 17.7 Å². The Hall–Kier alpha value is -1.63. The van der Waals surface area contributed by atoms with Crippen LogP contribution in [0.15, 0.2) is 0 Å². The normalized spacial score (nSPS) is 30.5. The Morgan fingerprint density at radius 3 is 2.92 bits per heavy atom. The first-order valence-electron chi connectivity index (χ1n) is 9.50. The number of aromatic nitrogens is 3. The van der Waals surface area contributed by atoms with E-state index >= 15 is 0 Å². The summed E-state index contributed by atoms with van der Waals surface area (Å²) in [5.74, 6) is 2.61. The van der Waals surface area contributed by atoms with E-state index in [1.54, 1.807) is 0 Å². The van der Waals surface area contributed by atoms with Crippen molar-refractivity contribution in [3.05, 3.63) is 11.6 Å². The lowest BCUT2D eigenvalue weighted by Gasteiger charge is -2.54. The zero-order chi connectivity index (χ0) is 17.8. The first-order valence-corrected chi connectivity index (χ1v) is 9.50. The van der Waals surface area contributed by atoms with E-state index < -0.39 is 0 Å². The van der Waals surface area contributed by atoms with Crippen molar-refractivity contribution in [2.75, 3.05) is 6.61 Å². The zero-order valence-electron chi connectivity index (χ0n) is 15.6. The number of amides is 2. The number of hydrogen-bond acceptors (Lipinski definition) is 4. The summed E-state index contributed by atoms with van der Waals surface area (Å²) in [6, 6.07) is -0.0763. The molecule has 1 aromatic rings. The van der Waals surface area contributed by atoms with Crippen LogP contribution >= 0.6 is 0 Å². The summed E-state index contributed by atoms with van der Waals surface area (Å²) >= 11 is 0. The van der Waals surface area contributed by atoms with E-state index in [4.69, 9.17) is 4.74 Å². The summed E-state index contributed by atoms with van der Waals surface area (Å²) in [6.45, 7) is 10.3. The van der Waals surface area contributed by atoms with Gasteiger partial charge in [-0.1, -0.05) is 27.7 Å². The summed E-state index contributed by atoms with van der Waals surface area (Å²) in [5, 5.41) is 15.0. The van der Waals surface area contributed by atoms with Gasteiger partial charge in [-0.25, -0.2) is 4.79 Å². The van der Waals surface area contributed by atoms with E-state index in [1.807, 2.05) is 0 Å². The number of aryl methyl sites for hydroxylation is 1. The van der Waals surface area contributed by atoms with Crippen molar-refractivity contribution in [1.82, 2.24) is 25.4 Å². The van der Waals surface area contributed by atoms with Gasteiger partial charge in [0.25, 0.3) is 0 Å². The number of nitrogens with zero attached hydrogens (tertiary/aromatic N) is 3. The number of fused-ring (bicyclic) bond motifs is 2. The Balaban J connectivity index is 1.45. The van der Waals surface area contributed by atoms with E-state index in [0.29, 0.717) is 5.92 Å². The molecule has 0 aromatic carbocycles. The molecule has 0 radical (unpaired) electrons. The van der Waals surface area contributed by atoms with Gasteiger partial charge in [0.1, 0.15) is 5.82 Å². The highest BCUT2D eigenvalue weighted by atomic mass is 16.5. The minimum atomic E-state index is -0.127. The van der Waals surface area contributed by atoms with Crippen molar-refractivity contribution < 1.29 is 9.53 Å². The second-order valence-electron chi connectivity index (χ2n) is 8.61. The Morgan fingerprint density at radius 2 is 2.16 bits per heavy atom. The summed E-state index contributed by atoms with van der Waals surface area (Å²) < 4.78 is 7.98. The number of rotatable bonds is 4. The van der Waals surface area contributed by atoms with Crippen LogP contribution in [0.1, 0.15) is 58.2 Å². The van der Waals surface area contributed by atoms with Crippen molar-refractivity contribution in [1.29, 1.82) is 0 Å². The first kappa shape index (κ1) is 16.8. The van der Waals surface area contributed by atoms with Crippen molar-refractivity contribution >= 4 is 6.03 Å². The van der Waals surface area contributed by atoms with Crippen LogP contribution in [0, 0.1) is 17.3 Å². The van der Waals surface area contributed by atoms with Crippen LogP contribution in [-0.4, -0.2) is 39.5 Å². The third-order valence-corrected chi connectivity index (χ3v) is 6.26. The average molecular weight is 347 g/mol. The third kappa shape index (κ3) is 2.63. The molecule has 1 saturated heterocycles. The molecule has 2 N–H and O–H groups in total. The molecule has 1 aliphatic carbocycles. The van der Waals surface area contributed by atoms with Gasteiger partial charge in [-0.05, 0) is 18.8 Å². The second kappa shape index (κ2) is 5.97. The molecule has 7 nitrogen and oxygen atoms in total. The van der Waals surface area contributed by atoms with E-state index in [0.717, 1.165) is 44.1 Å². The Kier molecular flexibility index (Phi) is 4.02. The second-order valence-corrected chi connectivity index (χ2v) is 8.61. The lowest BCUT2D eigenvalue weighted by atomic mass is 9.57. The van der Waals surface area contributed by atoms with Gasteiger partial charge in [0.15, 0.2) is 5.82 Å². The molecule has 4 atom stereocenters. The summed E-state index contributed by atoms with van der Waals surface area (Å²) in [7, 11) is 0. The fourth-order valence-corrected chi connectivity index (χ4v) is 4.87. The minimum Gasteiger partial charge on any atom is -0.377 e. The standard InChI is InChI=1S/C18H29N5O2/c1-10(2)13(16-22-21-12-6-5-8-23(12)16)19-17(24)20-14-11-7-9-25-15(11)18(14,3)4/h10-11,13-15H,5-9H2,1-4H3,(H2,19,20,24)/t11-,13-,14+,15-/m0/s1. The quantitative estimate of drug-likeness (QED) is 0.873. The number of ether oxygens (including phenoxy) is 1. The van der Waals surface area contributed by atoms with Crippen LogP contribution in [0.2, 0.25) is 0 Å². The number of carbonyl (C=O) groups is 1. The van der Waals surface area contributed by atoms with E-state index in [2.05, 4.69) is 53.1 Å². The highest BCUT2D eigenvalue weighted by Gasteiger charge is 2.59. The van der Waals surface area contributed by atoms with Crippen molar-refractivity contribution in [3.63, 3.8) is 0 Å². The third-order valence-electron chi connectivity index (χ3n) is 6.26. The van der Waals surface area contributed by atoms with Crippen LogP contribution in [0.5, 0.6) is 0 Å². The molecular formula is C18H29N5O2.